The van der Waals surface area contributed by atoms with Gasteiger partial charge >= 0.3 is 0 Å². The van der Waals surface area contributed by atoms with E-state index in [1.165, 1.54) is 29.5 Å². The molecule has 0 heterocycles. The summed E-state index contributed by atoms with van der Waals surface area (Å²) in [6, 6.07) is 19.1. The summed E-state index contributed by atoms with van der Waals surface area (Å²) < 4.78 is 5.76. The van der Waals surface area contributed by atoms with Crippen molar-refractivity contribution in [3.8, 4) is 5.75 Å². The molecule has 0 aliphatic rings. The van der Waals surface area contributed by atoms with Gasteiger partial charge in [0.1, 0.15) is 12.4 Å². The molecule has 2 nitrogen and oxygen atoms in total. The van der Waals surface area contributed by atoms with Crippen LogP contribution in [0.15, 0.2) is 54.6 Å². The molecule has 2 aromatic rings. The van der Waals surface area contributed by atoms with Crippen LogP contribution in [-0.2, 0) is 0 Å². The summed E-state index contributed by atoms with van der Waals surface area (Å²) in [5, 5.41) is 0. The summed E-state index contributed by atoms with van der Waals surface area (Å²) in [5.74, 6) is 0.934. The van der Waals surface area contributed by atoms with Gasteiger partial charge in [0.15, 0.2) is 0 Å². The Balaban J connectivity index is 2.08. The van der Waals surface area contributed by atoms with Gasteiger partial charge in [0.05, 0.1) is 0 Å². The highest BCUT2D eigenvalue weighted by molar-refractivity contribution is 5.81. The number of allylic oxidation sites excluding steroid dienone is 1. The average Bonchev–Trinajstić information content (AvgIpc) is 2.60. The standard InChI is InChI=1S/C22H29NO/c1-4-5-9-21(20-10-7-6-8-11-20)18-19-12-14-22(15-13-19)24-17-16-23(2)3/h6-8,10-15,18H,4-5,9,16-17H2,1-3H3. The third-order valence-electron chi connectivity index (χ3n) is 3.97. The fourth-order valence-corrected chi connectivity index (χ4v) is 2.53. The van der Waals surface area contributed by atoms with Crippen molar-refractivity contribution in [3.63, 3.8) is 0 Å². The van der Waals surface area contributed by atoms with E-state index in [9.17, 15) is 0 Å². The summed E-state index contributed by atoms with van der Waals surface area (Å²) in [7, 11) is 4.11. The second kappa shape index (κ2) is 9.94. The van der Waals surface area contributed by atoms with Gasteiger partial charge in [-0.25, -0.2) is 0 Å². The molecule has 0 saturated heterocycles. The van der Waals surface area contributed by atoms with E-state index in [0.29, 0.717) is 6.61 Å². The van der Waals surface area contributed by atoms with Crippen LogP contribution < -0.4 is 4.74 Å². The molecular formula is C22H29NO. The smallest absolute Gasteiger partial charge is 0.119 e. The zero-order chi connectivity index (χ0) is 17.2. The van der Waals surface area contributed by atoms with E-state index in [0.717, 1.165) is 18.7 Å². The lowest BCUT2D eigenvalue weighted by Crippen LogP contribution is -2.19. The fourth-order valence-electron chi connectivity index (χ4n) is 2.53. The average molecular weight is 323 g/mol. The monoisotopic (exact) mass is 323 g/mol. The van der Waals surface area contributed by atoms with Crippen LogP contribution in [0.2, 0.25) is 0 Å². The van der Waals surface area contributed by atoms with Crippen LogP contribution in [0.25, 0.3) is 11.6 Å². The second-order valence-electron chi connectivity index (χ2n) is 6.36. The fraction of sp³-hybridized carbons (Fsp3) is 0.364. The molecule has 0 radical (unpaired) electrons. The maximum Gasteiger partial charge on any atom is 0.119 e. The predicted molar refractivity (Wildman–Crippen MR) is 104 cm³/mol. The normalized spacial score (nSPS) is 11.8. The molecule has 0 fully saturated rings. The Bertz CT molecular complexity index is 614. The van der Waals surface area contributed by atoms with Crippen molar-refractivity contribution in [1.82, 2.24) is 4.90 Å². The third-order valence-corrected chi connectivity index (χ3v) is 3.97. The maximum atomic E-state index is 5.76. The van der Waals surface area contributed by atoms with Crippen LogP contribution in [-0.4, -0.2) is 32.1 Å². The van der Waals surface area contributed by atoms with Crippen molar-refractivity contribution in [2.24, 2.45) is 0 Å². The first kappa shape index (κ1) is 18.3. The number of ether oxygens (including phenoxy) is 1. The molecule has 0 aromatic heterocycles. The minimum Gasteiger partial charge on any atom is -0.492 e. The molecule has 24 heavy (non-hydrogen) atoms. The first-order chi connectivity index (χ1) is 11.7. The summed E-state index contributed by atoms with van der Waals surface area (Å²) in [6.45, 7) is 3.88. The van der Waals surface area contributed by atoms with Crippen molar-refractivity contribution >= 4 is 11.6 Å². The molecule has 2 heteroatoms. The van der Waals surface area contributed by atoms with Gasteiger partial charge in [-0.2, -0.15) is 0 Å². The van der Waals surface area contributed by atoms with Crippen LogP contribution in [0.1, 0.15) is 37.3 Å². The molecular weight excluding hydrogens is 294 g/mol. The number of unbranched alkanes of at least 4 members (excludes halogenated alkanes) is 1. The van der Waals surface area contributed by atoms with Gasteiger partial charge in [0.25, 0.3) is 0 Å². The topological polar surface area (TPSA) is 12.5 Å². The lowest BCUT2D eigenvalue weighted by atomic mass is 9.98. The SMILES string of the molecule is CCCCC(=Cc1ccc(OCCN(C)C)cc1)c1ccccc1. The first-order valence-corrected chi connectivity index (χ1v) is 8.82. The van der Waals surface area contributed by atoms with E-state index in [-0.39, 0.29) is 0 Å². The number of likely N-dealkylation sites (N-methyl/N-ethyl adjacent to an activating group) is 1. The Hall–Kier alpha value is -2.06. The van der Waals surface area contributed by atoms with Crippen molar-refractivity contribution in [1.29, 1.82) is 0 Å². The molecule has 2 rings (SSSR count). The van der Waals surface area contributed by atoms with Gasteiger partial charge in [0, 0.05) is 6.54 Å². The molecule has 0 aliphatic carbocycles. The van der Waals surface area contributed by atoms with Crippen molar-refractivity contribution in [3.05, 3.63) is 65.7 Å². The Kier molecular flexibility index (Phi) is 7.57. The van der Waals surface area contributed by atoms with Gasteiger partial charge in [-0.15, -0.1) is 0 Å². The summed E-state index contributed by atoms with van der Waals surface area (Å²) in [6.07, 6.45) is 5.84. The predicted octanol–water partition coefficient (Wildman–Crippen LogP) is 5.36. The molecule has 0 aliphatic heterocycles. The van der Waals surface area contributed by atoms with Crippen LogP contribution in [0, 0.1) is 0 Å². The highest BCUT2D eigenvalue weighted by Crippen LogP contribution is 2.24. The van der Waals surface area contributed by atoms with Crippen LogP contribution in [0.3, 0.4) is 0 Å². The van der Waals surface area contributed by atoms with Gasteiger partial charge in [-0.05, 0) is 55.8 Å². The van der Waals surface area contributed by atoms with E-state index < -0.39 is 0 Å². The molecule has 0 N–H and O–H groups in total. The van der Waals surface area contributed by atoms with Crippen LogP contribution >= 0.6 is 0 Å². The Morgan fingerprint density at radius 2 is 1.71 bits per heavy atom. The molecule has 2 aromatic carbocycles. The number of hydrogen-bond acceptors (Lipinski definition) is 2. The molecule has 0 saturated carbocycles. The highest BCUT2D eigenvalue weighted by atomic mass is 16.5. The largest absolute Gasteiger partial charge is 0.492 e. The van der Waals surface area contributed by atoms with Crippen molar-refractivity contribution in [2.45, 2.75) is 26.2 Å². The van der Waals surface area contributed by atoms with E-state index in [2.05, 4.69) is 86.6 Å². The quantitative estimate of drug-likeness (QED) is 0.576. The summed E-state index contributed by atoms with van der Waals surface area (Å²) in [5.41, 5.74) is 3.95. The van der Waals surface area contributed by atoms with E-state index in [4.69, 9.17) is 4.74 Å². The molecule has 0 spiro atoms. The zero-order valence-corrected chi connectivity index (χ0v) is 15.2. The lowest BCUT2D eigenvalue weighted by molar-refractivity contribution is 0.261. The molecule has 0 amide bonds. The number of hydrogen-bond donors (Lipinski definition) is 0. The van der Waals surface area contributed by atoms with Gasteiger partial charge < -0.3 is 9.64 Å². The summed E-state index contributed by atoms with van der Waals surface area (Å²) in [4.78, 5) is 2.12. The molecule has 128 valence electrons. The van der Waals surface area contributed by atoms with E-state index in [1.54, 1.807) is 0 Å². The van der Waals surface area contributed by atoms with E-state index >= 15 is 0 Å². The van der Waals surface area contributed by atoms with Gasteiger partial charge in [0.2, 0.25) is 0 Å². The maximum absolute atomic E-state index is 5.76. The van der Waals surface area contributed by atoms with Gasteiger partial charge in [-0.3, -0.25) is 0 Å². The zero-order valence-electron chi connectivity index (χ0n) is 15.2. The number of nitrogens with zero attached hydrogens (tertiary/aromatic N) is 1. The van der Waals surface area contributed by atoms with Gasteiger partial charge in [-0.1, -0.05) is 61.9 Å². The van der Waals surface area contributed by atoms with E-state index in [1.807, 2.05) is 0 Å². The Morgan fingerprint density at radius 1 is 1.00 bits per heavy atom. The number of rotatable bonds is 9. The van der Waals surface area contributed by atoms with Crippen LogP contribution in [0.5, 0.6) is 5.75 Å². The molecule has 0 bridgehead atoms. The van der Waals surface area contributed by atoms with Crippen molar-refractivity contribution in [2.75, 3.05) is 27.2 Å². The lowest BCUT2D eigenvalue weighted by Gasteiger charge is -2.11. The highest BCUT2D eigenvalue weighted by Gasteiger charge is 2.02. The summed E-state index contributed by atoms with van der Waals surface area (Å²) >= 11 is 0. The van der Waals surface area contributed by atoms with Crippen molar-refractivity contribution < 1.29 is 4.74 Å². The Labute approximate surface area is 146 Å². The molecule has 0 unspecified atom stereocenters. The molecule has 0 atom stereocenters. The minimum atomic E-state index is 0.716. The Morgan fingerprint density at radius 3 is 2.33 bits per heavy atom. The van der Waals surface area contributed by atoms with Crippen LogP contribution in [0.4, 0.5) is 0 Å². The number of benzene rings is 2. The third kappa shape index (κ3) is 6.21. The minimum absolute atomic E-state index is 0.716. The first-order valence-electron chi connectivity index (χ1n) is 8.82. The second-order valence-corrected chi connectivity index (χ2v) is 6.36.